The maximum Gasteiger partial charge on any atom is 0.252 e. The number of benzene rings is 1. The van der Waals surface area contributed by atoms with E-state index in [1.54, 1.807) is 29.3 Å². The van der Waals surface area contributed by atoms with Crippen LogP contribution in [0.1, 0.15) is 38.2 Å². The highest BCUT2D eigenvalue weighted by Gasteiger charge is 2.41. The fourth-order valence-corrected chi connectivity index (χ4v) is 4.91. The lowest BCUT2D eigenvalue weighted by atomic mass is 9.88. The minimum atomic E-state index is -1.22. The number of anilines is 1. The topological polar surface area (TPSA) is 149 Å². The number of hydrogen-bond donors (Lipinski definition) is 3. The first kappa shape index (κ1) is 22.2. The second-order valence-corrected chi connectivity index (χ2v) is 9.33. The second-order valence-electron chi connectivity index (χ2n) is 9.33. The van der Waals surface area contributed by atoms with Crippen LogP contribution < -0.4 is 11.1 Å². The number of nitrogen functional groups attached to an aromatic ring is 1. The molecule has 0 bridgehead atoms. The monoisotopic (exact) mass is 486 g/mol. The van der Waals surface area contributed by atoms with E-state index in [9.17, 15) is 9.90 Å². The first-order valence-corrected chi connectivity index (χ1v) is 11.9. The number of hydrogen-bond acceptors (Lipinski definition) is 8. The predicted molar refractivity (Wildman–Crippen MR) is 132 cm³/mol. The summed E-state index contributed by atoms with van der Waals surface area (Å²) in [5.74, 6) is 0.779. The molecule has 0 aliphatic heterocycles. The summed E-state index contributed by atoms with van der Waals surface area (Å²) in [5, 5.41) is 22.7. The molecule has 1 fully saturated rings. The Balaban J connectivity index is 1.48. The Kier molecular flexibility index (Phi) is 5.22. The molecule has 4 heterocycles. The van der Waals surface area contributed by atoms with Crippen LogP contribution in [0.3, 0.4) is 0 Å². The van der Waals surface area contributed by atoms with Gasteiger partial charge in [-0.15, -0.1) is 5.10 Å². The number of carbonyl (C=O) groups excluding carboxylic acids is 1. The number of furan rings is 1. The van der Waals surface area contributed by atoms with Crippen LogP contribution in [0.2, 0.25) is 0 Å². The highest BCUT2D eigenvalue weighted by Crippen LogP contribution is 2.32. The van der Waals surface area contributed by atoms with Gasteiger partial charge in [-0.05, 0) is 50.3 Å². The quantitative estimate of drug-likeness (QED) is 0.343. The summed E-state index contributed by atoms with van der Waals surface area (Å²) >= 11 is 0. The zero-order valence-corrected chi connectivity index (χ0v) is 19.7. The van der Waals surface area contributed by atoms with Crippen LogP contribution in [0.15, 0.2) is 59.3 Å². The summed E-state index contributed by atoms with van der Waals surface area (Å²) in [6.45, 7) is 1.82. The summed E-state index contributed by atoms with van der Waals surface area (Å²) in [4.78, 5) is 23.1. The Hall–Kier alpha value is -4.25. The number of nitrogens with one attached hydrogen (secondary N) is 1. The molecule has 1 aliphatic carbocycles. The molecule has 11 nitrogen and oxygen atoms in total. The van der Waals surface area contributed by atoms with E-state index in [-0.39, 0.29) is 24.0 Å². The molecule has 4 aromatic heterocycles. The molecular weight excluding hydrogens is 460 g/mol. The maximum atomic E-state index is 13.9. The van der Waals surface area contributed by atoms with Crippen LogP contribution in [0.5, 0.6) is 0 Å². The summed E-state index contributed by atoms with van der Waals surface area (Å²) in [6.07, 6.45) is 5.64. The molecule has 0 radical (unpaired) electrons. The maximum absolute atomic E-state index is 13.9. The summed E-state index contributed by atoms with van der Waals surface area (Å²) in [6, 6.07) is 13.0. The van der Waals surface area contributed by atoms with Crippen LogP contribution in [-0.4, -0.2) is 52.5 Å². The molecule has 5 aromatic rings. The van der Waals surface area contributed by atoms with E-state index in [0.717, 1.165) is 18.4 Å². The minimum Gasteiger partial charge on any atom is -0.461 e. The highest BCUT2D eigenvalue weighted by atomic mass is 16.3. The van der Waals surface area contributed by atoms with Crippen molar-refractivity contribution >= 4 is 28.5 Å². The predicted octanol–water partition coefficient (Wildman–Crippen LogP) is 2.50. The molecule has 1 aromatic carbocycles. The Morgan fingerprint density at radius 2 is 1.89 bits per heavy atom. The third kappa shape index (κ3) is 3.51. The number of aromatic nitrogens is 6. The van der Waals surface area contributed by atoms with E-state index < -0.39 is 5.54 Å². The third-order valence-electron chi connectivity index (χ3n) is 7.00. The van der Waals surface area contributed by atoms with Gasteiger partial charge in [0.05, 0.1) is 24.0 Å². The van der Waals surface area contributed by atoms with Crippen LogP contribution in [-0.2, 0) is 10.3 Å². The van der Waals surface area contributed by atoms with Gasteiger partial charge in [0.15, 0.2) is 22.6 Å². The SMILES string of the molecule is C[C@@](C(=O)NC1CCC(O)CC1)(c1ccccc1)n1ncc2c1nc(N)n1nc(-c3ccco3)nc21. The van der Waals surface area contributed by atoms with Crippen LogP contribution in [0, 0.1) is 0 Å². The number of carbonyl (C=O) groups is 1. The van der Waals surface area contributed by atoms with Crippen molar-refractivity contribution in [2.45, 2.75) is 50.3 Å². The lowest BCUT2D eigenvalue weighted by Crippen LogP contribution is -2.52. The molecule has 11 heteroatoms. The highest BCUT2D eigenvalue weighted by molar-refractivity contribution is 5.94. The number of nitrogens with two attached hydrogens (primary N) is 1. The van der Waals surface area contributed by atoms with Crippen molar-refractivity contribution in [1.82, 2.24) is 34.7 Å². The molecule has 1 saturated carbocycles. The zero-order valence-electron chi connectivity index (χ0n) is 19.7. The van der Waals surface area contributed by atoms with Crippen molar-refractivity contribution in [3.05, 3.63) is 60.5 Å². The number of aliphatic hydroxyl groups excluding tert-OH is 1. The van der Waals surface area contributed by atoms with Gasteiger partial charge in [0.1, 0.15) is 0 Å². The molecule has 6 rings (SSSR count). The normalized spacial score (nSPS) is 19.9. The molecule has 184 valence electrons. The van der Waals surface area contributed by atoms with E-state index in [1.165, 1.54) is 4.52 Å². The molecule has 4 N–H and O–H groups in total. The third-order valence-corrected chi connectivity index (χ3v) is 7.00. The summed E-state index contributed by atoms with van der Waals surface area (Å²) in [5.41, 5.74) is 6.70. The van der Waals surface area contributed by atoms with Crippen LogP contribution in [0.25, 0.3) is 28.3 Å². The average Bonchev–Trinajstić information content (AvgIpc) is 3.65. The number of nitrogens with zero attached hydrogens (tertiary/aromatic N) is 6. The van der Waals surface area contributed by atoms with Crippen molar-refractivity contribution in [1.29, 1.82) is 0 Å². The lowest BCUT2D eigenvalue weighted by molar-refractivity contribution is -0.128. The standard InChI is InChI=1S/C25H26N8O3/c1-25(15-6-3-2-4-7-15,23(35)28-16-9-11-17(34)12-10-16)33-22-18(14-27-33)21-29-20(19-8-5-13-36-19)31-32(21)24(26)30-22/h2-8,13-14,16-17,34H,9-12H2,1H3,(H2,26,30)(H,28,35)/t16?,17?,25-/m0/s1. The molecule has 0 spiro atoms. The van der Waals surface area contributed by atoms with Crippen molar-refractivity contribution in [3.63, 3.8) is 0 Å². The van der Waals surface area contributed by atoms with Gasteiger partial charge in [-0.3, -0.25) is 4.79 Å². The molecule has 0 saturated heterocycles. The van der Waals surface area contributed by atoms with Crippen molar-refractivity contribution < 1.29 is 14.3 Å². The van der Waals surface area contributed by atoms with E-state index in [4.69, 9.17) is 10.2 Å². The summed E-state index contributed by atoms with van der Waals surface area (Å²) < 4.78 is 8.48. The van der Waals surface area contributed by atoms with Crippen molar-refractivity contribution in [3.8, 4) is 11.6 Å². The Labute approximate surface area is 205 Å². The number of aliphatic hydroxyl groups is 1. The fourth-order valence-electron chi connectivity index (χ4n) is 4.91. The lowest BCUT2D eigenvalue weighted by Gasteiger charge is -2.33. The number of fused-ring (bicyclic) bond motifs is 3. The second kappa shape index (κ2) is 8.45. The largest absolute Gasteiger partial charge is 0.461 e. The van der Waals surface area contributed by atoms with E-state index in [2.05, 4.69) is 25.5 Å². The number of rotatable bonds is 5. The van der Waals surface area contributed by atoms with Crippen molar-refractivity contribution in [2.24, 2.45) is 0 Å². The number of amides is 1. The van der Waals surface area contributed by atoms with Crippen LogP contribution in [0.4, 0.5) is 5.95 Å². The molecule has 1 amide bonds. The van der Waals surface area contributed by atoms with Gasteiger partial charge in [-0.25, -0.2) is 9.67 Å². The Morgan fingerprint density at radius 3 is 2.61 bits per heavy atom. The van der Waals surface area contributed by atoms with Gasteiger partial charge < -0.3 is 20.6 Å². The molecule has 1 aliphatic rings. The van der Waals surface area contributed by atoms with Gasteiger partial charge in [0.25, 0.3) is 5.91 Å². The molecule has 0 unspecified atom stereocenters. The van der Waals surface area contributed by atoms with Gasteiger partial charge in [0, 0.05) is 6.04 Å². The Bertz CT molecular complexity index is 1530. The van der Waals surface area contributed by atoms with Gasteiger partial charge in [-0.2, -0.15) is 14.6 Å². The fraction of sp³-hybridized carbons (Fsp3) is 0.320. The average molecular weight is 487 g/mol. The first-order chi connectivity index (χ1) is 17.4. The van der Waals surface area contributed by atoms with Gasteiger partial charge in [-0.1, -0.05) is 30.3 Å². The molecular formula is C25H26N8O3. The minimum absolute atomic E-state index is 0.0251. The Morgan fingerprint density at radius 1 is 1.11 bits per heavy atom. The van der Waals surface area contributed by atoms with E-state index in [0.29, 0.717) is 41.1 Å². The van der Waals surface area contributed by atoms with Gasteiger partial charge in [0.2, 0.25) is 11.8 Å². The smallest absolute Gasteiger partial charge is 0.252 e. The zero-order chi connectivity index (χ0) is 24.9. The van der Waals surface area contributed by atoms with Gasteiger partial charge >= 0.3 is 0 Å². The van der Waals surface area contributed by atoms with E-state index >= 15 is 0 Å². The summed E-state index contributed by atoms with van der Waals surface area (Å²) in [7, 11) is 0. The molecule has 1 atom stereocenters. The first-order valence-electron chi connectivity index (χ1n) is 11.9. The molecule has 36 heavy (non-hydrogen) atoms. The van der Waals surface area contributed by atoms with Crippen LogP contribution >= 0.6 is 0 Å². The van der Waals surface area contributed by atoms with E-state index in [1.807, 2.05) is 37.3 Å². The van der Waals surface area contributed by atoms with Crippen molar-refractivity contribution in [2.75, 3.05) is 5.73 Å².